The lowest BCUT2D eigenvalue weighted by Crippen LogP contribution is -2.02. The standard InChI is InChI=1S/C15H14O2/c1-10-4-3-5-12(8-10)15(17)13-9-11(2)6-7-14(13)16/h3-9,16H,1-2H3. The van der Waals surface area contributed by atoms with Gasteiger partial charge in [-0.1, -0.05) is 35.4 Å². The van der Waals surface area contributed by atoms with Gasteiger partial charge in [0, 0.05) is 5.56 Å². The normalized spacial score (nSPS) is 10.2. The molecule has 86 valence electrons. The zero-order valence-electron chi connectivity index (χ0n) is 9.90. The number of carbonyl (C=O) groups excluding carboxylic acids is 1. The Morgan fingerprint density at radius 1 is 1.00 bits per heavy atom. The average Bonchev–Trinajstić information content (AvgIpc) is 2.31. The summed E-state index contributed by atoms with van der Waals surface area (Å²) in [7, 11) is 0. The van der Waals surface area contributed by atoms with Crippen molar-refractivity contribution in [2.45, 2.75) is 13.8 Å². The van der Waals surface area contributed by atoms with Gasteiger partial charge in [0.1, 0.15) is 5.75 Å². The Balaban J connectivity index is 2.47. The summed E-state index contributed by atoms with van der Waals surface area (Å²) in [4.78, 5) is 12.2. The Labute approximate surface area is 101 Å². The van der Waals surface area contributed by atoms with Crippen LogP contribution in [0.2, 0.25) is 0 Å². The van der Waals surface area contributed by atoms with Gasteiger partial charge in [-0.05, 0) is 32.0 Å². The molecule has 0 unspecified atom stereocenters. The van der Waals surface area contributed by atoms with Crippen LogP contribution in [0.1, 0.15) is 27.0 Å². The molecule has 0 saturated heterocycles. The third-order valence-corrected chi connectivity index (χ3v) is 2.68. The number of ketones is 1. The van der Waals surface area contributed by atoms with Crippen LogP contribution in [0.5, 0.6) is 5.75 Å². The molecule has 0 aliphatic rings. The van der Waals surface area contributed by atoms with Crippen LogP contribution in [-0.2, 0) is 0 Å². The summed E-state index contributed by atoms with van der Waals surface area (Å²) < 4.78 is 0. The summed E-state index contributed by atoms with van der Waals surface area (Å²) in [6, 6.07) is 12.4. The molecule has 2 rings (SSSR count). The number of benzene rings is 2. The molecular formula is C15H14O2. The monoisotopic (exact) mass is 226 g/mol. The van der Waals surface area contributed by atoms with Crippen LogP contribution < -0.4 is 0 Å². The van der Waals surface area contributed by atoms with Gasteiger partial charge in [0.05, 0.1) is 5.56 Å². The minimum atomic E-state index is -0.144. The van der Waals surface area contributed by atoms with Gasteiger partial charge in [-0.15, -0.1) is 0 Å². The zero-order chi connectivity index (χ0) is 12.4. The molecule has 0 radical (unpaired) electrons. The Morgan fingerprint density at radius 2 is 1.71 bits per heavy atom. The Kier molecular flexibility index (Phi) is 2.96. The summed E-state index contributed by atoms with van der Waals surface area (Å²) in [6.07, 6.45) is 0. The van der Waals surface area contributed by atoms with Crippen LogP contribution in [0.15, 0.2) is 42.5 Å². The molecule has 0 atom stereocenters. The first-order valence-electron chi connectivity index (χ1n) is 5.49. The summed E-state index contributed by atoms with van der Waals surface area (Å²) in [5.41, 5.74) is 2.95. The largest absolute Gasteiger partial charge is 0.507 e. The average molecular weight is 226 g/mol. The van der Waals surface area contributed by atoms with E-state index in [1.165, 1.54) is 0 Å². The summed E-state index contributed by atoms with van der Waals surface area (Å²) in [5.74, 6) is -0.114. The van der Waals surface area contributed by atoms with Crippen LogP contribution in [0.25, 0.3) is 0 Å². The third-order valence-electron chi connectivity index (χ3n) is 2.68. The maximum Gasteiger partial charge on any atom is 0.196 e. The number of hydrogen-bond acceptors (Lipinski definition) is 2. The van der Waals surface area contributed by atoms with E-state index in [2.05, 4.69) is 0 Å². The van der Waals surface area contributed by atoms with E-state index in [-0.39, 0.29) is 11.5 Å². The summed E-state index contributed by atoms with van der Waals surface area (Å²) in [5, 5.41) is 9.72. The molecule has 0 aliphatic carbocycles. The van der Waals surface area contributed by atoms with Gasteiger partial charge in [-0.3, -0.25) is 4.79 Å². The number of aryl methyl sites for hydroxylation is 2. The molecule has 17 heavy (non-hydrogen) atoms. The SMILES string of the molecule is Cc1cccc(C(=O)c2cc(C)ccc2O)c1. The Hall–Kier alpha value is -2.09. The highest BCUT2D eigenvalue weighted by Gasteiger charge is 2.13. The van der Waals surface area contributed by atoms with E-state index in [1.807, 2.05) is 32.0 Å². The molecule has 2 aromatic rings. The second-order valence-corrected chi connectivity index (χ2v) is 4.22. The van der Waals surface area contributed by atoms with Crippen molar-refractivity contribution >= 4 is 5.78 Å². The van der Waals surface area contributed by atoms with Crippen molar-refractivity contribution in [3.8, 4) is 5.75 Å². The molecule has 0 amide bonds. The van der Waals surface area contributed by atoms with E-state index in [1.54, 1.807) is 24.3 Å². The number of rotatable bonds is 2. The third kappa shape index (κ3) is 2.36. The molecule has 0 bridgehead atoms. The molecule has 0 heterocycles. The number of hydrogen-bond donors (Lipinski definition) is 1. The molecule has 0 spiro atoms. The van der Waals surface area contributed by atoms with Crippen molar-refractivity contribution in [1.29, 1.82) is 0 Å². The van der Waals surface area contributed by atoms with Crippen molar-refractivity contribution < 1.29 is 9.90 Å². The predicted octanol–water partition coefficient (Wildman–Crippen LogP) is 3.24. The first-order valence-corrected chi connectivity index (χ1v) is 5.49. The van der Waals surface area contributed by atoms with Gasteiger partial charge in [0.15, 0.2) is 5.78 Å². The van der Waals surface area contributed by atoms with Crippen LogP contribution in [0.4, 0.5) is 0 Å². The quantitative estimate of drug-likeness (QED) is 0.798. The first-order chi connectivity index (χ1) is 8.08. The van der Waals surface area contributed by atoms with E-state index in [9.17, 15) is 9.90 Å². The molecule has 2 nitrogen and oxygen atoms in total. The highest BCUT2D eigenvalue weighted by molar-refractivity contribution is 6.10. The summed E-state index contributed by atoms with van der Waals surface area (Å²) >= 11 is 0. The molecule has 0 fully saturated rings. The predicted molar refractivity (Wildman–Crippen MR) is 67.5 cm³/mol. The van der Waals surface area contributed by atoms with Crippen molar-refractivity contribution in [1.82, 2.24) is 0 Å². The Morgan fingerprint density at radius 3 is 2.41 bits per heavy atom. The van der Waals surface area contributed by atoms with Gasteiger partial charge in [0.2, 0.25) is 0 Å². The highest BCUT2D eigenvalue weighted by Crippen LogP contribution is 2.22. The zero-order valence-corrected chi connectivity index (χ0v) is 9.90. The Bertz CT molecular complexity index is 571. The van der Waals surface area contributed by atoms with Gasteiger partial charge < -0.3 is 5.11 Å². The maximum absolute atomic E-state index is 12.2. The number of phenols is 1. The van der Waals surface area contributed by atoms with Gasteiger partial charge in [-0.2, -0.15) is 0 Å². The number of aromatic hydroxyl groups is 1. The fourth-order valence-corrected chi connectivity index (χ4v) is 1.77. The fraction of sp³-hybridized carbons (Fsp3) is 0.133. The van der Waals surface area contributed by atoms with Crippen LogP contribution in [0.3, 0.4) is 0 Å². The van der Waals surface area contributed by atoms with E-state index < -0.39 is 0 Å². The molecule has 0 saturated carbocycles. The molecule has 2 aromatic carbocycles. The van der Waals surface area contributed by atoms with Crippen LogP contribution in [-0.4, -0.2) is 10.9 Å². The maximum atomic E-state index is 12.2. The van der Waals surface area contributed by atoms with E-state index in [4.69, 9.17) is 0 Å². The molecule has 0 aliphatic heterocycles. The molecule has 1 N–H and O–H groups in total. The topological polar surface area (TPSA) is 37.3 Å². The van der Waals surface area contributed by atoms with Crippen molar-refractivity contribution in [2.24, 2.45) is 0 Å². The lowest BCUT2D eigenvalue weighted by atomic mass is 9.99. The van der Waals surface area contributed by atoms with Crippen molar-refractivity contribution in [3.05, 3.63) is 64.7 Å². The van der Waals surface area contributed by atoms with Gasteiger partial charge in [0.25, 0.3) is 0 Å². The van der Waals surface area contributed by atoms with Crippen LogP contribution in [0, 0.1) is 13.8 Å². The lowest BCUT2D eigenvalue weighted by molar-refractivity contribution is 0.103. The number of phenolic OH excluding ortho intramolecular Hbond substituents is 1. The van der Waals surface area contributed by atoms with E-state index >= 15 is 0 Å². The minimum Gasteiger partial charge on any atom is -0.507 e. The van der Waals surface area contributed by atoms with Crippen molar-refractivity contribution in [2.75, 3.05) is 0 Å². The first kappa shape index (κ1) is 11.4. The van der Waals surface area contributed by atoms with Crippen LogP contribution >= 0.6 is 0 Å². The van der Waals surface area contributed by atoms with E-state index in [0.717, 1.165) is 11.1 Å². The summed E-state index contributed by atoms with van der Waals surface area (Å²) in [6.45, 7) is 3.83. The number of carbonyl (C=O) groups is 1. The second-order valence-electron chi connectivity index (χ2n) is 4.22. The fourth-order valence-electron chi connectivity index (χ4n) is 1.77. The van der Waals surface area contributed by atoms with Crippen molar-refractivity contribution in [3.63, 3.8) is 0 Å². The van der Waals surface area contributed by atoms with Gasteiger partial charge in [-0.25, -0.2) is 0 Å². The molecule has 0 aromatic heterocycles. The minimum absolute atomic E-state index is 0.0297. The molecular weight excluding hydrogens is 212 g/mol. The van der Waals surface area contributed by atoms with Gasteiger partial charge >= 0.3 is 0 Å². The second kappa shape index (κ2) is 4.42. The highest BCUT2D eigenvalue weighted by atomic mass is 16.3. The molecule has 2 heteroatoms. The smallest absolute Gasteiger partial charge is 0.196 e. The lowest BCUT2D eigenvalue weighted by Gasteiger charge is -2.05. The van der Waals surface area contributed by atoms with E-state index in [0.29, 0.717) is 11.1 Å².